The van der Waals surface area contributed by atoms with Gasteiger partial charge in [-0.2, -0.15) is 18.3 Å². The number of hydrogen-bond acceptors (Lipinski definition) is 5. The van der Waals surface area contributed by atoms with E-state index in [1.807, 2.05) is 24.3 Å². The lowest BCUT2D eigenvalue weighted by Crippen LogP contribution is -2.34. The first-order valence-electron chi connectivity index (χ1n) is 12.6. The highest BCUT2D eigenvalue weighted by Crippen LogP contribution is 2.32. The van der Waals surface area contributed by atoms with Crippen molar-refractivity contribution in [1.82, 2.24) is 14.8 Å². The van der Waals surface area contributed by atoms with E-state index in [9.17, 15) is 13.2 Å². The van der Waals surface area contributed by atoms with Crippen molar-refractivity contribution in [3.05, 3.63) is 95.8 Å². The van der Waals surface area contributed by atoms with Crippen LogP contribution in [0.25, 0.3) is 17.1 Å². The number of rotatable bonds is 6. The van der Waals surface area contributed by atoms with Crippen LogP contribution in [0.15, 0.2) is 89.3 Å². The Kier molecular flexibility index (Phi) is 7.83. The maximum Gasteiger partial charge on any atom is 0.416 e. The highest BCUT2D eigenvalue weighted by molar-refractivity contribution is 8.14. The van der Waals surface area contributed by atoms with E-state index in [1.54, 1.807) is 18.0 Å². The van der Waals surface area contributed by atoms with Crippen molar-refractivity contribution in [1.29, 1.82) is 0 Å². The predicted octanol–water partition coefficient (Wildman–Crippen LogP) is 7.41. The molecule has 4 aromatic rings. The Labute approximate surface area is 229 Å². The van der Waals surface area contributed by atoms with E-state index in [1.165, 1.54) is 34.4 Å². The molecule has 1 fully saturated rings. The molecule has 1 aromatic heterocycles. The van der Waals surface area contributed by atoms with Gasteiger partial charge < -0.3 is 4.90 Å². The fourth-order valence-electron chi connectivity index (χ4n) is 4.27. The molecule has 2 heterocycles. The highest BCUT2D eigenvalue weighted by atomic mass is 32.2. The van der Waals surface area contributed by atoms with Crippen molar-refractivity contribution in [2.24, 2.45) is 10.2 Å². The average molecular weight is 549 g/mol. The average Bonchev–Trinajstić information content (AvgIpc) is 3.44. The third kappa shape index (κ3) is 6.22. The second-order valence-corrected chi connectivity index (χ2v) is 10.4. The number of thioether (sulfide) groups is 1. The molecule has 1 aliphatic heterocycles. The van der Waals surface area contributed by atoms with Crippen LogP contribution in [0, 0.1) is 0 Å². The monoisotopic (exact) mass is 548 g/mol. The standard InChI is InChI=1S/C29H27F3N6S/c1-20(2)25-6-3-4-7-26(25)37-16-5-17-39-28(37)35-34-18-21-8-10-22(11-9-21)27-33-19-38(36-27)24-14-12-23(13-15-24)29(30,31)32/h3-4,6-15,18-20H,5,16-17H2,1-2H3/b34-18-,35-28+. The number of para-hydroxylation sites is 1. The van der Waals surface area contributed by atoms with Gasteiger partial charge in [0.25, 0.3) is 0 Å². The quantitative estimate of drug-likeness (QED) is 0.186. The Balaban J connectivity index is 1.29. The molecule has 0 amide bonds. The van der Waals surface area contributed by atoms with Crippen molar-refractivity contribution >= 4 is 28.8 Å². The number of halogens is 3. The molecule has 0 radical (unpaired) electrons. The number of nitrogens with zero attached hydrogens (tertiary/aromatic N) is 6. The fourth-order valence-corrected chi connectivity index (χ4v) is 5.18. The minimum absolute atomic E-state index is 0.409. The van der Waals surface area contributed by atoms with Crippen molar-refractivity contribution in [3.63, 3.8) is 0 Å². The van der Waals surface area contributed by atoms with Crippen LogP contribution >= 0.6 is 11.8 Å². The van der Waals surface area contributed by atoms with Crippen molar-refractivity contribution in [2.75, 3.05) is 17.2 Å². The van der Waals surface area contributed by atoms with Gasteiger partial charge in [0.15, 0.2) is 11.0 Å². The summed E-state index contributed by atoms with van der Waals surface area (Å²) in [4.78, 5) is 6.56. The van der Waals surface area contributed by atoms with Gasteiger partial charge in [0.05, 0.1) is 17.5 Å². The molecule has 0 spiro atoms. The second-order valence-electron chi connectivity index (χ2n) is 9.37. The number of amidine groups is 1. The Morgan fingerprint density at radius 1 is 0.974 bits per heavy atom. The van der Waals surface area contributed by atoms with Crippen LogP contribution in [-0.2, 0) is 6.18 Å². The molecule has 1 aliphatic rings. The van der Waals surface area contributed by atoms with E-state index in [2.05, 4.69) is 63.3 Å². The third-order valence-electron chi connectivity index (χ3n) is 6.31. The van der Waals surface area contributed by atoms with Gasteiger partial charge in [-0.1, -0.05) is 68.1 Å². The minimum atomic E-state index is -4.38. The van der Waals surface area contributed by atoms with Crippen LogP contribution in [-0.4, -0.2) is 38.4 Å². The lowest BCUT2D eigenvalue weighted by Gasteiger charge is -2.31. The summed E-state index contributed by atoms with van der Waals surface area (Å²) in [6, 6.07) is 20.8. The van der Waals surface area contributed by atoms with Crippen LogP contribution in [0.1, 0.15) is 42.9 Å². The SMILES string of the molecule is CC(C)c1ccccc1N1CCCS/C1=N/N=C\c1ccc(-c2ncn(-c3ccc(C(F)(F)F)cc3)n2)cc1. The molecule has 0 aliphatic carbocycles. The summed E-state index contributed by atoms with van der Waals surface area (Å²) >= 11 is 1.71. The first kappa shape index (κ1) is 26.7. The molecule has 0 unspecified atom stereocenters. The molecular formula is C29H27F3N6S. The van der Waals surface area contributed by atoms with E-state index in [4.69, 9.17) is 0 Å². The molecule has 0 N–H and O–H groups in total. The van der Waals surface area contributed by atoms with Gasteiger partial charge in [-0.05, 0) is 53.8 Å². The number of benzene rings is 3. The molecule has 3 aromatic carbocycles. The number of hydrogen-bond donors (Lipinski definition) is 0. The molecular weight excluding hydrogens is 521 g/mol. The van der Waals surface area contributed by atoms with Gasteiger partial charge in [-0.3, -0.25) is 0 Å². The maximum atomic E-state index is 12.8. The van der Waals surface area contributed by atoms with Gasteiger partial charge in [0, 0.05) is 23.5 Å². The van der Waals surface area contributed by atoms with Gasteiger partial charge in [-0.25, -0.2) is 9.67 Å². The summed E-state index contributed by atoms with van der Waals surface area (Å²) < 4.78 is 39.9. The number of anilines is 1. The molecule has 1 saturated heterocycles. The Hall–Kier alpha value is -3.92. The smallest absolute Gasteiger partial charge is 0.319 e. The maximum absolute atomic E-state index is 12.8. The van der Waals surface area contributed by atoms with Crippen molar-refractivity contribution in [2.45, 2.75) is 32.4 Å². The summed E-state index contributed by atoms with van der Waals surface area (Å²) in [5, 5.41) is 14.2. The molecule has 0 bridgehead atoms. The molecule has 5 rings (SSSR count). The van der Waals surface area contributed by atoms with E-state index >= 15 is 0 Å². The Morgan fingerprint density at radius 3 is 2.44 bits per heavy atom. The molecule has 0 saturated carbocycles. The Bertz CT molecular complexity index is 1470. The van der Waals surface area contributed by atoms with E-state index in [0.717, 1.165) is 47.1 Å². The summed E-state index contributed by atoms with van der Waals surface area (Å²) in [5.74, 6) is 1.89. The number of alkyl halides is 3. The molecule has 6 nitrogen and oxygen atoms in total. The molecule has 39 heavy (non-hydrogen) atoms. The first-order valence-corrected chi connectivity index (χ1v) is 13.6. The molecule has 0 atom stereocenters. The number of aromatic nitrogens is 3. The topological polar surface area (TPSA) is 58.7 Å². The summed E-state index contributed by atoms with van der Waals surface area (Å²) in [6.07, 6.45) is -0.0953. The van der Waals surface area contributed by atoms with E-state index in [0.29, 0.717) is 17.4 Å². The molecule has 200 valence electrons. The summed E-state index contributed by atoms with van der Waals surface area (Å²) in [6.45, 7) is 5.30. The van der Waals surface area contributed by atoms with Crippen LogP contribution in [0.5, 0.6) is 0 Å². The zero-order valence-corrected chi connectivity index (χ0v) is 22.3. The van der Waals surface area contributed by atoms with E-state index in [-0.39, 0.29) is 0 Å². The van der Waals surface area contributed by atoms with E-state index < -0.39 is 11.7 Å². The zero-order valence-electron chi connectivity index (χ0n) is 21.5. The lowest BCUT2D eigenvalue weighted by molar-refractivity contribution is -0.137. The zero-order chi connectivity index (χ0) is 27.4. The first-order chi connectivity index (χ1) is 18.8. The van der Waals surface area contributed by atoms with Crippen LogP contribution in [0.3, 0.4) is 0 Å². The van der Waals surface area contributed by atoms with Gasteiger partial charge >= 0.3 is 6.18 Å². The summed E-state index contributed by atoms with van der Waals surface area (Å²) in [5.41, 5.74) is 3.92. The largest absolute Gasteiger partial charge is 0.416 e. The van der Waals surface area contributed by atoms with Crippen LogP contribution in [0.2, 0.25) is 0 Å². The summed E-state index contributed by atoms with van der Waals surface area (Å²) in [7, 11) is 0. The van der Waals surface area contributed by atoms with Gasteiger partial charge in [-0.15, -0.1) is 10.2 Å². The Morgan fingerprint density at radius 2 is 1.72 bits per heavy atom. The second kappa shape index (κ2) is 11.4. The molecule has 10 heteroatoms. The lowest BCUT2D eigenvalue weighted by atomic mass is 10.0. The fraction of sp³-hybridized carbons (Fsp3) is 0.241. The van der Waals surface area contributed by atoms with Crippen LogP contribution < -0.4 is 4.90 Å². The third-order valence-corrected chi connectivity index (χ3v) is 7.36. The minimum Gasteiger partial charge on any atom is -0.319 e. The van der Waals surface area contributed by atoms with Crippen molar-refractivity contribution in [3.8, 4) is 17.1 Å². The van der Waals surface area contributed by atoms with Crippen LogP contribution in [0.4, 0.5) is 18.9 Å². The van der Waals surface area contributed by atoms with Gasteiger partial charge in [0.2, 0.25) is 0 Å². The predicted molar refractivity (Wildman–Crippen MR) is 152 cm³/mol. The normalized spacial score (nSPS) is 15.5. The van der Waals surface area contributed by atoms with Gasteiger partial charge in [0.1, 0.15) is 6.33 Å². The highest BCUT2D eigenvalue weighted by Gasteiger charge is 2.30. The van der Waals surface area contributed by atoms with Crippen molar-refractivity contribution < 1.29 is 13.2 Å².